The standard InChI is InChI=1S/C17H21NO5/c1-11(19)12-5-6-14(23-3)13(9-12)10-15(20)18-8-4-7-17(18,2)16(21)22/h5-6,9H,4,7-8,10H2,1-3H3,(H,21,22). The summed E-state index contributed by atoms with van der Waals surface area (Å²) in [5, 5.41) is 9.41. The molecule has 6 nitrogen and oxygen atoms in total. The van der Waals surface area contributed by atoms with Gasteiger partial charge in [0.15, 0.2) is 5.78 Å². The van der Waals surface area contributed by atoms with Gasteiger partial charge in [0.05, 0.1) is 13.5 Å². The van der Waals surface area contributed by atoms with Crippen molar-refractivity contribution in [3.05, 3.63) is 29.3 Å². The predicted molar refractivity (Wildman–Crippen MR) is 83.7 cm³/mol. The van der Waals surface area contributed by atoms with Crippen LogP contribution < -0.4 is 4.74 Å². The molecule has 0 spiro atoms. The Kier molecular flexibility index (Phi) is 4.73. The fourth-order valence-electron chi connectivity index (χ4n) is 2.98. The van der Waals surface area contributed by atoms with E-state index in [2.05, 4.69) is 0 Å². The smallest absolute Gasteiger partial charge is 0.329 e. The summed E-state index contributed by atoms with van der Waals surface area (Å²) in [5.41, 5.74) is -0.0801. The SMILES string of the molecule is COc1ccc(C(C)=O)cc1CC(=O)N1CCCC1(C)C(=O)O. The molecule has 1 atom stereocenters. The highest BCUT2D eigenvalue weighted by molar-refractivity contribution is 5.95. The summed E-state index contributed by atoms with van der Waals surface area (Å²) in [5.74, 6) is -0.850. The largest absolute Gasteiger partial charge is 0.496 e. The number of benzene rings is 1. The molecule has 1 saturated heterocycles. The fraction of sp³-hybridized carbons (Fsp3) is 0.471. The summed E-state index contributed by atoms with van der Waals surface area (Å²) < 4.78 is 5.24. The molecule has 1 aromatic carbocycles. The van der Waals surface area contributed by atoms with Crippen LogP contribution in [0.4, 0.5) is 0 Å². The maximum Gasteiger partial charge on any atom is 0.329 e. The lowest BCUT2D eigenvalue weighted by molar-refractivity contribution is -0.155. The Morgan fingerprint density at radius 3 is 2.61 bits per heavy atom. The molecule has 124 valence electrons. The number of carboxylic acids is 1. The van der Waals surface area contributed by atoms with E-state index in [4.69, 9.17) is 4.74 Å². The van der Waals surface area contributed by atoms with Crippen molar-refractivity contribution in [3.63, 3.8) is 0 Å². The van der Waals surface area contributed by atoms with Gasteiger partial charge in [0.2, 0.25) is 5.91 Å². The third kappa shape index (κ3) is 3.21. The Morgan fingerprint density at radius 1 is 1.35 bits per heavy atom. The molecule has 6 heteroatoms. The van der Waals surface area contributed by atoms with E-state index >= 15 is 0 Å². The van der Waals surface area contributed by atoms with Crippen molar-refractivity contribution in [2.75, 3.05) is 13.7 Å². The monoisotopic (exact) mass is 319 g/mol. The average molecular weight is 319 g/mol. The summed E-state index contributed by atoms with van der Waals surface area (Å²) in [6.07, 6.45) is 1.12. The number of Topliss-reactive ketones (excluding diaryl/α,β-unsaturated/α-hetero) is 1. The normalized spacial score (nSPS) is 20.4. The number of aliphatic carboxylic acids is 1. The number of amides is 1. The van der Waals surface area contributed by atoms with E-state index in [-0.39, 0.29) is 18.1 Å². The first-order chi connectivity index (χ1) is 10.8. The molecule has 1 unspecified atom stereocenters. The van der Waals surface area contributed by atoms with Gasteiger partial charge in [-0.15, -0.1) is 0 Å². The van der Waals surface area contributed by atoms with E-state index in [1.165, 1.54) is 18.9 Å². The summed E-state index contributed by atoms with van der Waals surface area (Å²) in [6, 6.07) is 4.93. The van der Waals surface area contributed by atoms with E-state index in [0.29, 0.717) is 36.3 Å². The molecule has 0 bridgehead atoms. The third-order valence-corrected chi connectivity index (χ3v) is 4.43. The number of ether oxygens (including phenoxy) is 1. The number of carbonyl (C=O) groups excluding carboxylic acids is 2. The number of carbonyl (C=O) groups is 3. The molecular weight excluding hydrogens is 298 g/mol. The maximum absolute atomic E-state index is 12.6. The van der Waals surface area contributed by atoms with Gasteiger partial charge in [-0.2, -0.15) is 0 Å². The highest BCUT2D eigenvalue weighted by atomic mass is 16.5. The van der Waals surface area contributed by atoms with Gasteiger partial charge in [-0.25, -0.2) is 4.79 Å². The molecule has 0 aliphatic carbocycles. The zero-order chi connectivity index (χ0) is 17.2. The fourth-order valence-corrected chi connectivity index (χ4v) is 2.98. The van der Waals surface area contributed by atoms with Crippen LogP contribution in [0.1, 0.15) is 42.6 Å². The molecule has 1 N–H and O–H groups in total. The molecule has 0 aromatic heterocycles. The Morgan fingerprint density at radius 2 is 2.04 bits per heavy atom. The third-order valence-electron chi connectivity index (χ3n) is 4.43. The Hall–Kier alpha value is -2.37. The second-order valence-electron chi connectivity index (χ2n) is 5.99. The number of methoxy groups -OCH3 is 1. The van der Waals surface area contributed by atoms with Gasteiger partial charge in [0, 0.05) is 17.7 Å². The van der Waals surface area contributed by atoms with Gasteiger partial charge < -0.3 is 14.7 Å². The van der Waals surface area contributed by atoms with Crippen molar-refractivity contribution < 1.29 is 24.2 Å². The molecule has 2 rings (SSSR count). The van der Waals surface area contributed by atoms with Gasteiger partial charge in [-0.1, -0.05) is 0 Å². The van der Waals surface area contributed by atoms with Crippen LogP contribution >= 0.6 is 0 Å². The quantitative estimate of drug-likeness (QED) is 0.838. The van der Waals surface area contributed by atoms with Crippen molar-refractivity contribution >= 4 is 17.7 Å². The summed E-state index contributed by atoms with van der Waals surface area (Å²) in [7, 11) is 1.49. The van der Waals surface area contributed by atoms with Gasteiger partial charge >= 0.3 is 5.97 Å². The van der Waals surface area contributed by atoms with Crippen molar-refractivity contribution in [1.82, 2.24) is 4.90 Å². The van der Waals surface area contributed by atoms with Crippen LogP contribution in [0.15, 0.2) is 18.2 Å². The first kappa shape index (κ1) is 17.0. The minimum absolute atomic E-state index is 0.00711. The molecule has 1 aromatic rings. The first-order valence-electron chi connectivity index (χ1n) is 7.51. The zero-order valence-corrected chi connectivity index (χ0v) is 13.6. The number of carboxylic acid groups (broad SMARTS) is 1. The molecule has 1 aliphatic heterocycles. The average Bonchev–Trinajstić information content (AvgIpc) is 2.90. The zero-order valence-electron chi connectivity index (χ0n) is 13.6. The van der Waals surface area contributed by atoms with E-state index in [1.54, 1.807) is 25.1 Å². The number of likely N-dealkylation sites (tertiary alicyclic amines) is 1. The van der Waals surface area contributed by atoms with Crippen LogP contribution in [0.3, 0.4) is 0 Å². The lowest BCUT2D eigenvalue weighted by Gasteiger charge is -2.31. The van der Waals surface area contributed by atoms with E-state index in [1.807, 2.05) is 0 Å². The molecule has 1 amide bonds. The second-order valence-corrected chi connectivity index (χ2v) is 5.99. The minimum Gasteiger partial charge on any atom is -0.496 e. The number of ketones is 1. The number of hydrogen-bond acceptors (Lipinski definition) is 4. The van der Waals surface area contributed by atoms with Crippen molar-refractivity contribution in [3.8, 4) is 5.75 Å². The number of hydrogen-bond donors (Lipinski definition) is 1. The molecule has 1 aliphatic rings. The molecule has 1 fully saturated rings. The lowest BCUT2D eigenvalue weighted by atomic mass is 9.98. The molecule has 0 saturated carbocycles. The van der Waals surface area contributed by atoms with Crippen molar-refractivity contribution in [2.45, 2.75) is 38.6 Å². The van der Waals surface area contributed by atoms with Crippen LogP contribution in [0, 0.1) is 0 Å². The van der Waals surface area contributed by atoms with Crippen molar-refractivity contribution in [1.29, 1.82) is 0 Å². The minimum atomic E-state index is -1.16. The van der Waals surface area contributed by atoms with E-state index < -0.39 is 11.5 Å². The summed E-state index contributed by atoms with van der Waals surface area (Å²) in [4.78, 5) is 37.0. The molecular formula is C17H21NO5. The Balaban J connectivity index is 2.28. The maximum atomic E-state index is 12.6. The van der Waals surface area contributed by atoms with Gasteiger partial charge in [-0.05, 0) is 44.9 Å². The van der Waals surface area contributed by atoms with E-state index in [0.717, 1.165) is 0 Å². The summed E-state index contributed by atoms with van der Waals surface area (Å²) in [6.45, 7) is 3.45. The Labute approximate surface area is 135 Å². The van der Waals surface area contributed by atoms with Crippen LogP contribution in [0.5, 0.6) is 5.75 Å². The first-order valence-corrected chi connectivity index (χ1v) is 7.51. The highest BCUT2D eigenvalue weighted by Gasteiger charge is 2.45. The Bertz CT molecular complexity index is 654. The van der Waals surface area contributed by atoms with Crippen LogP contribution in [-0.2, 0) is 16.0 Å². The van der Waals surface area contributed by atoms with Gasteiger partial charge in [-0.3, -0.25) is 9.59 Å². The van der Waals surface area contributed by atoms with Crippen molar-refractivity contribution in [2.24, 2.45) is 0 Å². The van der Waals surface area contributed by atoms with Gasteiger partial charge in [0.1, 0.15) is 11.3 Å². The van der Waals surface area contributed by atoms with Crippen LogP contribution in [0.2, 0.25) is 0 Å². The van der Waals surface area contributed by atoms with Crippen LogP contribution in [-0.4, -0.2) is 46.9 Å². The lowest BCUT2D eigenvalue weighted by Crippen LogP contribution is -2.51. The van der Waals surface area contributed by atoms with Gasteiger partial charge in [0.25, 0.3) is 0 Å². The van der Waals surface area contributed by atoms with Crippen LogP contribution in [0.25, 0.3) is 0 Å². The molecule has 0 radical (unpaired) electrons. The molecule has 1 heterocycles. The predicted octanol–water partition coefficient (Wildman–Crippen LogP) is 1.91. The topological polar surface area (TPSA) is 83.9 Å². The molecule has 23 heavy (non-hydrogen) atoms. The highest BCUT2D eigenvalue weighted by Crippen LogP contribution is 2.31. The number of nitrogens with zero attached hydrogens (tertiary/aromatic N) is 1. The number of rotatable bonds is 5. The van der Waals surface area contributed by atoms with E-state index in [9.17, 15) is 19.5 Å². The summed E-state index contributed by atoms with van der Waals surface area (Å²) >= 11 is 0. The second kappa shape index (κ2) is 6.40.